The summed E-state index contributed by atoms with van der Waals surface area (Å²) in [6.07, 6.45) is 3.67. The lowest BCUT2D eigenvalue weighted by atomic mass is 10.2. The first-order valence-corrected chi connectivity index (χ1v) is 8.26. The minimum Gasteiger partial charge on any atom is -0.312 e. The fraction of sp³-hybridized carbons (Fsp3) is 0.333. The van der Waals surface area contributed by atoms with Crippen LogP contribution < -0.4 is 5.32 Å². The predicted octanol–water partition coefficient (Wildman–Crippen LogP) is 4.68. The van der Waals surface area contributed by atoms with Crippen LogP contribution in [0.15, 0.2) is 40.6 Å². The van der Waals surface area contributed by atoms with Crippen LogP contribution in [-0.2, 0) is 6.54 Å². The Morgan fingerprint density at radius 1 is 1.19 bits per heavy atom. The number of hydrogen-bond acceptors (Lipinski definition) is 4. The average Bonchev–Trinajstić information content (AvgIpc) is 2.44. The van der Waals surface area contributed by atoms with Crippen molar-refractivity contribution in [3.8, 4) is 0 Å². The quantitative estimate of drug-likeness (QED) is 0.774. The minimum atomic E-state index is 0.630. The molecule has 0 spiro atoms. The molecule has 0 unspecified atom stereocenters. The minimum absolute atomic E-state index is 0.630. The molecule has 1 aromatic carbocycles. The topological polar surface area (TPSA) is 37.8 Å². The van der Waals surface area contributed by atoms with Gasteiger partial charge in [-0.1, -0.05) is 37.0 Å². The zero-order valence-corrected chi connectivity index (χ0v) is 14.3. The van der Waals surface area contributed by atoms with E-state index in [1.165, 1.54) is 11.8 Å². The number of nitrogens with one attached hydrogen (secondary N) is 1. The highest BCUT2D eigenvalue weighted by Gasteiger charge is 2.06. The molecule has 3 nitrogen and oxygen atoms in total. The van der Waals surface area contributed by atoms with Crippen LogP contribution in [0.3, 0.4) is 0 Å². The molecule has 0 amide bonds. The number of rotatable bonds is 6. The van der Waals surface area contributed by atoms with Gasteiger partial charge in [-0.2, -0.15) is 0 Å². The molecule has 1 aromatic heterocycles. The van der Waals surface area contributed by atoms with E-state index in [-0.39, 0.29) is 0 Å². The summed E-state index contributed by atoms with van der Waals surface area (Å²) < 4.78 is 0. The van der Waals surface area contributed by atoms with Gasteiger partial charge in [0.15, 0.2) is 5.16 Å². The second kappa shape index (κ2) is 7.99. The van der Waals surface area contributed by atoms with Crippen molar-refractivity contribution in [2.75, 3.05) is 6.54 Å². The van der Waals surface area contributed by atoms with Crippen molar-refractivity contribution < 1.29 is 0 Å². The third-order valence-electron chi connectivity index (χ3n) is 2.66. The summed E-state index contributed by atoms with van der Waals surface area (Å²) in [6.45, 7) is 6.12. The molecule has 21 heavy (non-hydrogen) atoms. The third kappa shape index (κ3) is 5.47. The van der Waals surface area contributed by atoms with Gasteiger partial charge in [0.2, 0.25) is 0 Å². The molecule has 2 rings (SSSR count). The van der Waals surface area contributed by atoms with E-state index in [9.17, 15) is 0 Å². The fourth-order valence-corrected chi connectivity index (χ4v) is 2.87. The van der Waals surface area contributed by atoms with E-state index < -0.39 is 0 Å². The Labute approximate surface area is 139 Å². The lowest BCUT2D eigenvalue weighted by molar-refractivity contribution is 0.550. The van der Waals surface area contributed by atoms with Crippen LogP contribution in [-0.4, -0.2) is 16.5 Å². The van der Waals surface area contributed by atoms with Crippen LogP contribution >= 0.6 is 35.0 Å². The van der Waals surface area contributed by atoms with E-state index in [0.29, 0.717) is 21.1 Å². The van der Waals surface area contributed by atoms with E-state index in [0.717, 1.165) is 23.5 Å². The van der Waals surface area contributed by atoms with Gasteiger partial charge in [-0.15, -0.1) is 0 Å². The third-order valence-corrected chi connectivity index (χ3v) is 4.29. The standard InChI is InChI=1S/C15H17Cl2N3S/c1-10(2)6-18-7-11-8-19-15(20-9-11)21-14-5-12(16)3-4-13(14)17/h3-5,8-10,18H,6-7H2,1-2H3. The number of hydrogen-bond donors (Lipinski definition) is 1. The normalized spacial score (nSPS) is 11.1. The van der Waals surface area contributed by atoms with E-state index in [1.807, 2.05) is 18.5 Å². The summed E-state index contributed by atoms with van der Waals surface area (Å²) in [5.41, 5.74) is 1.07. The van der Waals surface area contributed by atoms with Crippen molar-refractivity contribution in [3.05, 3.63) is 46.2 Å². The maximum atomic E-state index is 6.13. The molecule has 0 fully saturated rings. The van der Waals surface area contributed by atoms with E-state index in [2.05, 4.69) is 29.1 Å². The molecule has 1 heterocycles. The van der Waals surface area contributed by atoms with Gasteiger partial charge in [0.1, 0.15) is 0 Å². The van der Waals surface area contributed by atoms with Crippen LogP contribution in [0.2, 0.25) is 10.0 Å². The maximum Gasteiger partial charge on any atom is 0.192 e. The molecule has 112 valence electrons. The molecule has 0 aliphatic rings. The largest absolute Gasteiger partial charge is 0.312 e. The van der Waals surface area contributed by atoms with Crippen LogP contribution in [0.1, 0.15) is 19.4 Å². The lowest BCUT2D eigenvalue weighted by Crippen LogP contribution is -2.19. The highest BCUT2D eigenvalue weighted by Crippen LogP contribution is 2.33. The van der Waals surface area contributed by atoms with Crippen molar-refractivity contribution in [2.45, 2.75) is 30.4 Å². The van der Waals surface area contributed by atoms with Crippen LogP contribution in [0.25, 0.3) is 0 Å². The molecule has 1 N–H and O–H groups in total. The Morgan fingerprint density at radius 2 is 1.90 bits per heavy atom. The van der Waals surface area contributed by atoms with Gasteiger partial charge in [-0.25, -0.2) is 9.97 Å². The van der Waals surface area contributed by atoms with E-state index in [1.54, 1.807) is 12.1 Å². The van der Waals surface area contributed by atoms with E-state index in [4.69, 9.17) is 23.2 Å². The molecule has 0 aliphatic heterocycles. The Hall–Kier alpha value is -0.810. The molecule has 0 atom stereocenters. The first-order chi connectivity index (χ1) is 10.0. The predicted molar refractivity (Wildman–Crippen MR) is 89.2 cm³/mol. The average molecular weight is 342 g/mol. The van der Waals surface area contributed by atoms with Crippen LogP contribution in [0.5, 0.6) is 0 Å². The van der Waals surface area contributed by atoms with Gasteiger partial charge in [-0.05, 0) is 42.4 Å². The Balaban J connectivity index is 1.97. The first-order valence-electron chi connectivity index (χ1n) is 6.69. The number of benzene rings is 1. The molecule has 2 aromatic rings. The lowest BCUT2D eigenvalue weighted by Gasteiger charge is -2.07. The number of halogens is 2. The van der Waals surface area contributed by atoms with Crippen molar-refractivity contribution in [2.24, 2.45) is 5.92 Å². The van der Waals surface area contributed by atoms with Crippen molar-refractivity contribution >= 4 is 35.0 Å². The summed E-state index contributed by atoms with van der Waals surface area (Å²) in [5, 5.41) is 5.32. The van der Waals surface area contributed by atoms with Gasteiger partial charge in [-0.3, -0.25) is 0 Å². The zero-order chi connectivity index (χ0) is 15.2. The van der Waals surface area contributed by atoms with Crippen molar-refractivity contribution in [3.63, 3.8) is 0 Å². The second-order valence-electron chi connectivity index (χ2n) is 5.08. The van der Waals surface area contributed by atoms with E-state index >= 15 is 0 Å². The summed E-state index contributed by atoms with van der Waals surface area (Å²) in [4.78, 5) is 9.56. The second-order valence-corrected chi connectivity index (χ2v) is 6.93. The van der Waals surface area contributed by atoms with Gasteiger partial charge < -0.3 is 5.32 Å². The molecule has 0 radical (unpaired) electrons. The van der Waals surface area contributed by atoms with Gasteiger partial charge >= 0.3 is 0 Å². The molecule has 0 bridgehead atoms. The Kier molecular flexibility index (Phi) is 6.30. The Bertz CT molecular complexity index is 588. The monoisotopic (exact) mass is 341 g/mol. The highest BCUT2D eigenvalue weighted by atomic mass is 35.5. The van der Waals surface area contributed by atoms with Crippen molar-refractivity contribution in [1.82, 2.24) is 15.3 Å². The Morgan fingerprint density at radius 3 is 2.57 bits per heavy atom. The maximum absolute atomic E-state index is 6.13. The summed E-state index contributed by atoms with van der Waals surface area (Å²) in [5.74, 6) is 0.630. The smallest absolute Gasteiger partial charge is 0.192 e. The van der Waals surface area contributed by atoms with Crippen LogP contribution in [0.4, 0.5) is 0 Å². The number of aromatic nitrogens is 2. The SMILES string of the molecule is CC(C)CNCc1cnc(Sc2cc(Cl)ccc2Cl)nc1. The summed E-state index contributed by atoms with van der Waals surface area (Å²) in [7, 11) is 0. The van der Waals surface area contributed by atoms with Crippen molar-refractivity contribution in [1.29, 1.82) is 0 Å². The first kappa shape index (κ1) is 16.6. The van der Waals surface area contributed by atoms with Gasteiger partial charge in [0, 0.05) is 34.4 Å². The van der Waals surface area contributed by atoms with Gasteiger partial charge in [0.25, 0.3) is 0 Å². The van der Waals surface area contributed by atoms with Crippen LogP contribution in [0, 0.1) is 5.92 Å². The molecular formula is C15H17Cl2N3S. The number of nitrogens with zero attached hydrogens (tertiary/aromatic N) is 2. The summed E-state index contributed by atoms with van der Waals surface area (Å²) in [6, 6.07) is 5.35. The van der Waals surface area contributed by atoms with Gasteiger partial charge in [0.05, 0.1) is 5.02 Å². The zero-order valence-electron chi connectivity index (χ0n) is 11.9. The molecule has 0 saturated carbocycles. The fourth-order valence-electron chi connectivity index (χ4n) is 1.65. The summed E-state index contributed by atoms with van der Waals surface area (Å²) >= 11 is 13.5. The highest BCUT2D eigenvalue weighted by molar-refractivity contribution is 7.99. The molecule has 6 heteroatoms. The molecular weight excluding hydrogens is 325 g/mol. The molecule has 0 saturated heterocycles. The molecule has 0 aliphatic carbocycles.